The molecule has 3 nitrogen and oxygen atoms in total. The van der Waals surface area contributed by atoms with E-state index < -0.39 is 0 Å². The fourth-order valence-electron chi connectivity index (χ4n) is 2.07. The van der Waals surface area contributed by atoms with E-state index in [0.717, 1.165) is 16.2 Å². The molecule has 1 heterocycles. The molecule has 0 fully saturated rings. The van der Waals surface area contributed by atoms with Gasteiger partial charge in [-0.25, -0.2) is 4.98 Å². The van der Waals surface area contributed by atoms with Crippen LogP contribution in [0, 0.1) is 6.92 Å². The molecule has 1 N–H and O–H groups in total. The molecule has 0 spiro atoms. The maximum absolute atomic E-state index is 11.9. The number of hydrogen-bond acceptors (Lipinski definition) is 3. The molecule has 1 aromatic heterocycles. The van der Waals surface area contributed by atoms with Gasteiger partial charge in [-0.3, -0.25) is 4.79 Å². The quantitative estimate of drug-likeness (QED) is 0.748. The molecule has 0 aliphatic carbocycles. The molecular weight excluding hydrogens is 268 g/mol. The Morgan fingerprint density at radius 3 is 2.75 bits per heavy atom. The Balaban J connectivity index is 1.88. The highest BCUT2D eigenvalue weighted by molar-refractivity contribution is 7.98. The summed E-state index contributed by atoms with van der Waals surface area (Å²) in [6.07, 6.45) is 0. The molecular formula is C16H14N2OS. The normalized spacial score (nSPS) is 10.8. The first-order valence-electron chi connectivity index (χ1n) is 6.40. The molecule has 100 valence electrons. The van der Waals surface area contributed by atoms with E-state index in [1.165, 1.54) is 5.56 Å². The van der Waals surface area contributed by atoms with Crippen LogP contribution in [0.1, 0.15) is 11.4 Å². The Bertz CT molecular complexity index is 796. The van der Waals surface area contributed by atoms with Crippen LogP contribution in [0.3, 0.4) is 0 Å². The van der Waals surface area contributed by atoms with E-state index in [4.69, 9.17) is 0 Å². The molecule has 0 amide bonds. The number of thioether (sulfide) groups is 1. The second kappa shape index (κ2) is 5.51. The van der Waals surface area contributed by atoms with E-state index in [1.54, 1.807) is 18.7 Å². The van der Waals surface area contributed by atoms with Gasteiger partial charge in [0.2, 0.25) is 0 Å². The lowest BCUT2D eigenvalue weighted by Crippen LogP contribution is -2.09. The van der Waals surface area contributed by atoms with Crippen molar-refractivity contribution in [2.45, 2.75) is 17.6 Å². The number of rotatable bonds is 3. The van der Waals surface area contributed by atoms with Crippen LogP contribution in [0.4, 0.5) is 0 Å². The lowest BCUT2D eigenvalue weighted by Gasteiger charge is -2.04. The summed E-state index contributed by atoms with van der Waals surface area (Å²) in [7, 11) is 0. The summed E-state index contributed by atoms with van der Waals surface area (Å²) in [5, 5.41) is 0.647. The molecule has 0 atom stereocenters. The Kier molecular flexibility index (Phi) is 3.56. The van der Waals surface area contributed by atoms with Crippen LogP contribution in [0.15, 0.2) is 58.2 Å². The Morgan fingerprint density at radius 1 is 1.15 bits per heavy atom. The first-order chi connectivity index (χ1) is 9.72. The van der Waals surface area contributed by atoms with Crippen LogP contribution in [0.2, 0.25) is 0 Å². The number of nitrogens with zero attached hydrogens (tertiary/aromatic N) is 1. The van der Waals surface area contributed by atoms with E-state index in [9.17, 15) is 4.79 Å². The topological polar surface area (TPSA) is 45.8 Å². The highest BCUT2D eigenvalue weighted by atomic mass is 32.2. The zero-order chi connectivity index (χ0) is 13.9. The lowest BCUT2D eigenvalue weighted by atomic mass is 10.2. The summed E-state index contributed by atoms with van der Waals surface area (Å²) in [6.45, 7) is 1.79. The molecule has 2 aromatic carbocycles. The van der Waals surface area contributed by atoms with E-state index in [0.29, 0.717) is 11.2 Å². The molecule has 20 heavy (non-hydrogen) atoms. The van der Waals surface area contributed by atoms with Crippen LogP contribution in [0.25, 0.3) is 10.9 Å². The first kappa shape index (κ1) is 12.9. The van der Waals surface area contributed by atoms with Gasteiger partial charge in [-0.05, 0) is 30.7 Å². The maximum Gasteiger partial charge on any atom is 0.258 e. The molecule has 0 unspecified atom stereocenters. The highest BCUT2D eigenvalue weighted by Gasteiger charge is 2.03. The van der Waals surface area contributed by atoms with Gasteiger partial charge >= 0.3 is 0 Å². The van der Waals surface area contributed by atoms with Crippen LogP contribution in [-0.4, -0.2) is 9.97 Å². The minimum Gasteiger partial charge on any atom is -0.310 e. The molecule has 0 bridgehead atoms. The smallest absolute Gasteiger partial charge is 0.258 e. The second-order valence-corrected chi connectivity index (χ2v) is 5.65. The lowest BCUT2D eigenvalue weighted by molar-refractivity contribution is 1.06. The third kappa shape index (κ3) is 2.75. The monoisotopic (exact) mass is 282 g/mol. The molecule has 0 radical (unpaired) electrons. The number of fused-ring (bicyclic) bond motifs is 1. The number of aromatic nitrogens is 2. The average Bonchev–Trinajstić information content (AvgIpc) is 2.46. The number of hydrogen-bond donors (Lipinski definition) is 1. The molecule has 3 aromatic rings. The minimum atomic E-state index is -0.0744. The predicted octanol–water partition coefficient (Wildman–Crippen LogP) is 3.52. The van der Waals surface area contributed by atoms with Gasteiger partial charge in [-0.15, -0.1) is 11.8 Å². The van der Waals surface area contributed by atoms with Crippen molar-refractivity contribution in [2.75, 3.05) is 0 Å². The number of nitrogens with one attached hydrogen (secondary N) is 1. The fraction of sp³-hybridized carbons (Fsp3) is 0.125. The molecule has 0 aliphatic rings. The van der Waals surface area contributed by atoms with Crippen molar-refractivity contribution in [2.24, 2.45) is 0 Å². The van der Waals surface area contributed by atoms with Crippen molar-refractivity contribution in [1.29, 1.82) is 0 Å². The zero-order valence-corrected chi connectivity index (χ0v) is 11.9. The van der Waals surface area contributed by atoms with Crippen molar-refractivity contribution in [3.8, 4) is 0 Å². The largest absolute Gasteiger partial charge is 0.310 e. The van der Waals surface area contributed by atoms with Gasteiger partial charge in [-0.1, -0.05) is 30.3 Å². The van der Waals surface area contributed by atoms with Crippen molar-refractivity contribution < 1.29 is 0 Å². The van der Waals surface area contributed by atoms with E-state index in [-0.39, 0.29) is 5.56 Å². The van der Waals surface area contributed by atoms with Gasteiger partial charge in [-0.2, -0.15) is 0 Å². The Hall–Kier alpha value is -2.07. The number of benzene rings is 2. The zero-order valence-electron chi connectivity index (χ0n) is 11.1. The third-order valence-electron chi connectivity index (χ3n) is 3.04. The van der Waals surface area contributed by atoms with Gasteiger partial charge < -0.3 is 4.98 Å². The summed E-state index contributed by atoms with van der Waals surface area (Å²) in [6, 6.07) is 16.1. The summed E-state index contributed by atoms with van der Waals surface area (Å²) in [5.41, 5.74) is 1.94. The van der Waals surface area contributed by atoms with Crippen molar-refractivity contribution in [1.82, 2.24) is 9.97 Å². The minimum absolute atomic E-state index is 0.0744. The SMILES string of the molecule is Cc1nc2ccc(SCc3ccccc3)cc2c(=O)[nH]1. The van der Waals surface area contributed by atoms with Crippen molar-refractivity contribution in [3.05, 3.63) is 70.3 Å². The molecule has 0 aliphatic heterocycles. The number of aromatic amines is 1. The fourth-order valence-corrected chi connectivity index (χ4v) is 2.96. The molecule has 0 saturated heterocycles. The van der Waals surface area contributed by atoms with E-state index in [1.807, 2.05) is 36.4 Å². The van der Waals surface area contributed by atoms with Gasteiger partial charge in [0.05, 0.1) is 10.9 Å². The van der Waals surface area contributed by atoms with Gasteiger partial charge in [0.25, 0.3) is 5.56 Å². The maximum atomic E-state index is 11.9. The molecule has 0 saturated carbocycles. The van der Waals surface area contributed by atoms with E-state index >= 15 is 0 Å². The van der Waals surface area contributed by atoms with Crippen LogP contribution in [0.5, 0.6) is 0 Å². The molecule has 4 heteroatoms. The van der Waals surface area contributed by atoms with Gasteiger partial charge in [0, 0.05) is 10.6 Å². The Labute approximate surface area is 121 Å². The summed E-state index contributed by atoms with van der Waals surface area (Å²) in [4.78, 5) is 20.1. The average molecular weight is 282 g/mol. The summed E-state index contributed by atoms with van der Waals surface area (Å²) in [5.74, 6) is 1.54. The highest BCUT2D eigenvalue weighted by Crippen LogP contribution is 2.24. The second-order valence-electron chi connectivity index (χ2n) is 4.60. The summed E-state index contributed by atoms with van der Waals surface area (Å²) < 4.78 is 0. The van der Waals surface area contributed by atoms with Gasteiger partial charge in [0.1, 0.15) is 5.82 Å². The standard InChI is InChI=1S/C16H14N2OS/c1-11-17-15-8-7-13(9-14(15)16(19)18-11)20-10-12-5-3-2-4-6-12/h2-9H,10H2,1H3,(H,17,18,19). The molecule has 3 rings (SSSR count). The summed E-state index contributed by atoms with van der Waals surface area (Å²) >= 11 is 1.72. The third-order valence-corrected chi connectivity index (χ3v) is 4.11. The number of H-pyrrole nitrogens is 1. The van der Waals surface area contributed by atoms with Gasteiger partial charge in [0.15, 0.2) is 0 Å². The number of aryl methyl sites for hydroxylation is 1. The van der Waals surface area contributed by atoms with Crippen molar-refractivity contribution in [3.63, 3.8) is 0 Å². The van der Waals surface area contributed by atoms with Crippen molar-refractivity contribution >= 4 is 22.7 Å². The predicted molar refractivity (Wildman–Crippen MR) is 83.1 cm³/mol. The van der Waals surface area contributed by atoms with Crippen LogP contribution in [-0.2, 0) is 5.75 Å². The Morgan fingerprint density at radius 2 is 1.95 bits per heavy atom. The first-order valence-corrected chi connectivity index (χ1v) is 7.38. The van der Waals surface area contributed by atoms with E-state index in [2.05, 4.69) is 22.1 Å². The van der Waals surface area contributed by atoms with Crippen LogP contribution < -0.4 is 5.56 Å². The van der Waals surface area contributed by atoms with Crippen LogP contribution >= 0.6 is 11.8 Å².